The standard InChI is InChI=1S/C24H31N3O4S/c1-17(2)15-25-24(29)21-8-4-5-9-22(21)26-23(28)19-7-6-14-27(16-19)32(30,31)20-12-10-18(3)11-13-20/h4-5,8-13,17,19H,6-7,14-16H2,1-3H3,(H,25,29)(H,26,28). The van der Waals surface area contributed by atoms with Gasteiger partial charge in [-0.1, -0.05) is 43.7 Å². The minimum atomic E-state index is -3.67. The zero-order valence-corrected chi connectivity index (χ0v) is 19.6. The molecular formula is C24H31N3O4S. The first-order valence-corrected chi connectivity index (χ1v) is 12.4. The Hall–Kier alpha value is -2.71. The van der Waals surface area contributed by atoms with Crippen LogP contribution in [0.4, 0.5) is 5.69 Å². The normalized spacial score (nSPS) is 17.2. The average Bonchev–Trinajstić information content (AvgIpc) is 2.78. The number of anilines is 1. The van der Waals surface area contributed by atoms with E-state index in [2.05, 4.69) is 10.6 Å². The fraction of sp³-hybridized carbons (Fsp3) is 0.417. The Balaban J connectivity index is 1.71. The molecule has 172 valence electrons. The third-order valence-corrected chi connectivity index (χ3v) is 7.39. The first-order chi connectivity index (χ1) is 15.2. The van der Waals surface area contributed by atoms with Gasteiger partial charge in [-0.15, -0.1) is 0 Å². The Labute approximate surface area is 190 Å². The number of para-hydroxylation sites is 1. The number of carbonyl (C=O) groups is 2. The third-order valence-electron chi connectivity index (χ3n) is 5.51. The maximum Gasteiger partial charge on any atom is 0.253 e. The lowest BCUT2D eigenvalue weighted by Crippen LogP contribution is -2.43. The van der Waals surface area contributed by atoms with Gasteiger partial charge in [-0.25, -0.2) is 8.42 Å². The van der Waals surface area contributed by atoms with Gasteiger partial charge in [0.1, 0.15) is 0 Å². The molecule has 1 aliphatic heterocycles. The summed E-state index contributed by atoms with van der Waals surface area (Å²) < 4.78 is 27.5. The second-order valence-corrected chi connectivity index (χ2v) is 10.6. The van der Waals surface area contributed by atoms with Crippen LogP contribution in [0.25, 0.3) is 0 Å². The smallest absolute Gasteiger partial charge is 0.253 e. The van der Waals surface area contributed by atoms with Gasteiger partial charge in [0.25, 0.3) is 5.91 Å². The van der Waals surface area contributed by atoms with Crippen molar-refractivity contribution < 1.29 is 18.0 Å². The highest BCUT2D eigenvalue weighted by Gasteiger charge is 2.33. The van der Waals surface area contributed by atoms with E-state index >= 15 is 0 Å². The van der Waals surface area contributed by atoms with Crippen LogP contribution in [-0.4, -0.2) is 44.2 Å². The summed E-state index contributed by atoms with van der Waals surface area (Å²) in [6.07, 6.45) is 1.19. The molecule has 1 unspecified atom stereocenters. The molecular weight excluding hydrogens is 426 g/mol. The fourth-order valence-electron chi connectivity index (χ4n) is 3.65. The molecule has 2 N–H and O–H groups in total. The number of hydrogen-bond donors (Lipinski definition) is 2. The van der Waals surface area contributed by atoms with Crippen molar-refractivity contribution in [2.24, 2.45) is 11.8 Å². The number of amides is 2. The SMILES string of the molecule is Cc1ccc(S(=O)(=O)N2CCCC(C(=O)Nc3ccccc3C(=O)NCC(C)C)C2)cc1. The lowest BCUT2D eigenvalue weighted by molar-refractivity contribution is -0.120. The Morgan fingerprint density at radius 1 is 1.09 bits per heavy atom. The van der Waals surface area contributed by atoms with Crippen molar-refractivity contribution in [2.45, 2.75) is 38.5 Å². The monoisotopic (exact) mass is 457 g/mol. The van der Waals surface area contributed by atoms with E-state index in [1.807, 2.05) is 20.8 Å². The molecule has 0 saturated carbocycles. The summed E-state index contributed by atoms with van der Waals surface area (Å²) in [4.78, 5) is 25.8. The van der Waals surface area contributed by atoms with Crippen molar-refractivity contribution in [2.75, 3.05) is 25.0 Å². The predicted octanol–water partition coefficient (Wildman–Crippen LogP) is 3.42. The highest BCUT2D eigenvalue weighted by Crippen LogP contribution is 2.25. The number of hydrogen-bond acceptors (Lipinski definition) is 4. The number of aryl methyl sites for hydroxylation is 1. The van der Waals surface area contributed by atoms with Gasteiger partial charge < -0.3 is 10.6 Å². The lowest BCUT2D eigenvalue weighted by Gasteiger charge is -2.31. The van der Waals surface area contributed by atoms with Gasteiger partial charge in [-0.05, 0) is 49.9 Å². The largest absolute Gasteiger partial charge is 0.352 e. The van der Waals surface area contributed by atoms with E-state index < -0.39 is 15.9 Å². The van der Waals surface area contributed by atoms with Crippen LogP contribution >= 0.6 is 0 Å². The van der Waals surface area contributed by atoms with Crippen LogP contribution in [0, 0.1) is 18.8 Å². The van der Waals surface area contributed by atoms with Gasteiger partial charge in [0.15, 0.2) is 0 Å². The molecule has 8 heteroatoms. The Bertz CT molecular complexity index is 1060. The number of rotatable bonds is 7. The molecule has 0 aromatic heterocycles. The second-order valence-electron chi connectivity index (χ2n) is 8.65. The summed E-state index contributed by atoms with van der Waals surface area (Å²) in [5, 5.41) is 5.71. The number of nitrogens with zero attached hydrogens (tertiary/aromatic N) is 1. The summed E-state index contributed by atoms with van der Waals surface area (Å²) in [5.41, 5.74) is 1.80. The molecule has 1 heterocycles. The Kier molecular flexibility index (Phi) is 7.69. The molecule has 0 aliphatic carbocycles. The van der Waals surface area contributed by atoms with Crippen LogP contribution in [0.2, 0.25) is 0 Å². The van der Waals surface area contributed by atoms with Gasteiger partial charge >= 0.3 is 0 Å². The average molecular weight is 458 g/mol. The molecule has 3 rings (SSSR count). The predicted molar refractivity (Wildman–Crippen MR) is 125 cm³/mol. The molecule has 1 atom stereocenters. The molecule has 2 aromatic rings. The molecule has 2 aromatic carbocycles. The zero-order valence-electron chi connectivity index (χ0n) is 18.8. The van der Waals surface area contributed by atoms with Gasteiger partial charge in [-0.2, -0.15) is 4.31 Å². The third kappa shape index (κ3) is 5.75. The molecule has 0 radical (unpaired) electrons. The number of benzene rings is 2. The van der Waals surface area contributed by atoms with Crippen LogP contribution in [0.3, 0.4) is 0 Å². The summed E-state index contributed by atoms with van der Waals surface area (Å²) in [7, 11) is -3.67. The minimum absolute atomic E-state index is 0.115. The zero-order chi connectivity index (χ0) is 23.3. The first kappa shape index (κ1) is 23.9. The number of nitrogens with one attached hydrogen (secondary N) is 2. The van der Waals surface area contributed by atoms with E-state index in [0.29, 0.717) is 43.1 Å². The van der Waals surface area contributed by atoms with Gasteiger partial charge in [0.2, 0.25) is 15.9 Å². The lowest BCUT2D eigenvalue weighted by atomic mass is 9.98. The van der Waals surface area contributed by atoms with E-state index in [9.17, 15) is 18.0 Å². The maximum absolute atomic E-state index is 13.0. The summed E-state index contributed by atoms with van der Waals surface area (Å²) in [6.45, 7) is 6.95. The highest BCUT2D eigenvalue weighted by atomic mass is 32.2. The van der Waals surface area contributed by atoms with E-state index in [1.165, 1.54) is 4.31 Å². The van der Waals surface area contributed by atoms with Crippen molar-refractivity contribution in [3.63, 3.8) is 0 Å². The molecule has 1 fully saturated rings. The molecule has 2 amide bonds. The van der Waals surface area contributed by atoms with E-state index in [-0.39, 0.29) is 23.3 Å². The number of sulfonamides is 1. The van der Waals surface area contributed by atoms with Gasteiger partial charge in [0, 0.05) is 19.6 Å². The van der Waals surface area contributed by atoms with Gasteiger partial charge in [-0.3, -0.25) is 9.59 Å². The van der Waals surface area contributed by atoms with Crippen LogP contribution in [-0.2, 0) is 14.8 Å². The minimum Gasteiger partial charge on any atom is -0.352 e. The van der Waals surface area contributed by atoms with E-state index in [4.69, 9.17) is 0 Å². The van der Waals surface area contributed by atoms with Crippen molar-refractivity contribution in [1.82, 2.24) is 9.62 Å². The van der Waals surface area contributed by atoms with Crippen LogP contribution < -0.4 is 10.6 Å². The molecule has 1 aliphatic rings. The first-order valence-electron chi connectivity index (χ1n) is 10.9. The second kappa shape index (κ2) is 10.3. The summed E-state index contributed by atoms with van der Waals surface area (Å²) in [6, 6.07) is 13.6. The van der Waals surface area contributed by atoms with Crippen LogP contribution in [0.1, 0.15) is 42.6 Å². The van der Waals surface area contributed by atoms with Crippen molar-refractivity contribution >= 4 is 27.5 Å². The van der Waals surface area contributed by atoms with E-state index in [0.717, 1.165) is 5.56 Å². The van der Waals surface area contributed by atoms with Crippen molar-refractivity contribution in [3.05, 3.63) is 59.7 Å². The van der Waals surface area contributed by atoms with Gasteiger partial charge in [0.05, 0.1) is 22.1 Å². The number of piperidine rings is 1. The highest BCUT2D eigenvalue weighted by molar-refractivity contribution is 7.89. The summed E-state index contributed by atoms with van der Waals surface area (Å²) in [5.74, 6) is -0.708. The topological polar surface area (TPSA) is 95.6 Å². The molecule has 0 spiro atoms. The molecule has 32 heavy (non-hydrogen) atoms. The maximum atomic E-state index is 13.0. The fourth-order valence-corrected chi connectivity index (χ4v) is 5.17. The quantitative estimate of drug-likeness (QED) is 0.666. The Morgan fingerprint density at radius 3 is 2.47 bits per heavy atom. The van der Waals surface area contributed by atoms with Crippen molar-refractivity contribution in [1.29, 1.82) is 0 Å². The van der Waals surface area contributed by atoms with Crippen LogP contribution in [0.5, 0.6) is 0 Å². The van der Waals surface area contributed by atoms with E-state index in [1.54, 1.807) is 48.5 Å². The summed E-state index contributed by atoms with van der Waals surface area (Å²) >= 11 is 0. The Morgan fingerprint density at radius 2 is 1.78 bits per heavy atom. The molecule has 1 saturated heterocycles. The number of carbonyl (C=O) groups excluding carboxylic acids is 2. The van der Waals surface area contributed by atoms with Crippen molar-refractivity contribution in [3.8, 4) is 0 Å². The molecule has 7 nitrogen and oxygen atoms in total. The van der Waals surface area contributed by atoms with Crippen LogP contribution in [0.15, 0.2) is 53.4 Å². The molecule has 0 bridgehead atoms.